The first-order valence-corrected chi connectivity index (χ1v) is 8.00. The van der Waals surface area contributed by atoms with Crippen molar-refractivity contribution >= 4 is 26.2 Å². The van der Waals surface area contributed by atoms with Crippen LogP contribution in [0.15, 0.2) is 0 Å². The van der Waals surface area contributed by atoms with E-state index in [0.717, 1.165) is 0 Å². The number of hydrogen-bond donors (Lipinski definition) is 3. The maximum absolute atomic E-state index is 11.1. The van der Waals surface area contributed by atoms with Gasteiger partial charge in [0.25, 0.3) is 20.2 Å². The Kier molecular flexibility index (Phi) is 4.36. The van der Waals surface area contributed by atoms with Gasteiger partial charge >= 0.3 is 5.97 Å². The summed E-state index contributed by atoms with van der Waals surface area (Å²) < 4.78 is 62.5. The van der Waals surface area contributed by atoms with Crippen molar-refractivity contribution in [1.29, 1.82) is 0 Å². The summed E-state index contributed by atoms with van der Waals surface area (Å²) in [6, 6.07) is 0. The largest absolute Gasteiger partial charge is 0.481 e. The molecule has 0 bridgehead atoms. The smallest absolute Gasteiger partial charge is 0.303 e. The van der Waals surface area contributed by atoms with E-state index in [4.69, 9.17) is 14.2 Å². The Balaban J connectivity index is 3.17. The van der Waals surface area contributed by atoms with Crippen LogP contribution in [0.3, 0.4) is 0 Å². The van der Waals surface area contributed by atoms with Crippen LogP contribution < -0.4 is 0 Å². The molecule has 0 aromatic carbocycles. The molecule has 105 valence electrons. The minimum atomic E-state index is -4.58. The van der Waals surface area contributed by atoms with E-state index < -0.39 is 49.0 Å². The SMILES string of the molecule is O=C(O)CC1C(S(=O)(=O)O)C[CH]CC1S(=O)(=O)O. The molecule has 2 unspecified atom stereocenters. The summed E-state index contributed by atoms with van der Waals surface area (Å²) in [5, 5.41) is 5.60. The standard InChI is InChI=1S/C8H13O8S2/c9-8(10)4-5-6(17(11,12)13)2-1-3-7(5)18(14,15)16/h1,5-7H,2-4H2,(H,9,10)(H,11,12,13)(H,14,15,16). The highest BCUT2D eigenvalue weighted by Crippen LogP contribution is 2.35. The number of rotatable bonds is 4. The van der Waals surface area contributed by atoms with Crippen molar-refractivity contribution < 1.29 is 35.8 Å². The molecule has 10 heteroatoms. The van der Waals surface area contributed by atoms with Gasteiger partial charge in [-0.25, -0.2) is 0 Å². The van der Waals surface area contributed by atoms with Crippen LogP contribution in [0.2, 0.25) is 0 Å². The molecule has 1 rings (SSSR count). The molecular weight excluding hydrogens is 288 g/mol. The predicted octanol–water partition coefficient (Wildman–Crippen LogP) is -0.412. The molecule has 1 aliphatic rings. The van der Waals surface area contributed by atoms with E-state index in [9.17, 15) is 21.6 Å². The van der Waals surface area contributed by atoms with Crippen molar-refractivity contribution in [2.45, 2.75) is 29.8 Å². The summed E-state index contributed by atoms with van der Waals surface area (Å²) in [6.45, 7) is 0. The van der Waals surface area contributed by atoms with Crippen molar-refractivity contribution in [2.75, 3.05) is 0 Å². The van der Waals surface area contributed by atoms with Gasteiger partial charge < -0.3 is 5.11 Å². The molecule has 0 saturated heterocycles. The zero-order valence-electron chi connectivity index (χ0n) is 9.13. The first kappa shape index (κ1) is 15.3. The van der Waals surface area contributed by atoms with Crippen LogP contribution in [0.4, 0.5) is 0 Å². The van der Waals surface area contributed by atoms with Crippen LogP contribution in [0.25, 0.3) is 0 Å². The van der Waals surface area contributed by atoms with Gasteiger partial charge in [-0.3, -0.25) is 13.9 Å². The van der Waals surface area contributed by atoms with Gasteiger partial charge in [0.05, 0.1) is 16.9 Å². The van der Waals surface area contributed by atoms with Crippen LogP contribution in [-0.2, 0) is 25.0 Å². The predicted molar refractivity (Wildman–Crippen MR) is 60.0 cm³/mol. The Labute approximate surface area is 105 Å². The van der Waals surface area contributed by atoms with E-state index in [1.165, 1.54) is 6.42 Å². The zero-order valence-corrected chi connectivity index (χ0v) is 10.8. The van der Waals surface area contributed by atoms with Gasteiger partial charge in [0.15, 0.2) is 0 Å². The van der Waals surface area contributed by atoms with Gasteiger partial charge in [-0.05, 0) is 19.3 Å². The Morgan fingerprint density at radius 2 is 1.44 bits per heavy atom. The first-order chi connectivity index (χ1) is 8.03. The van der Waals surface area contributed by atoms with Crippen LogP contribution >= 0.6 is 0 Å². The number of carboxylic acids is 1. The lowest BCUT2D eigenvalue weighted by Gasteiger charge is -2.33. The Morgan fingerprint density at radius 3 is 1.72 bits per heavy atom. The molecule has 1 fully saturated rings. The lowest BCUT2D eigenvalue weighted by atomic mass is 9.86. The minimum absolute atomic E-state index is 0.150. The number of carbonyl (C=O) groups is 1. The quantitative estimate of drug-likeness (QED) is 0.594. The third-order valence-corrected chi connectivity index (χ3v) is 5.54. The molecule has 0 heterocycles. The number of hydrogen-bond acceptors (Lipinski definition) is 5. The molecule has 1 radical (unpaired) electrons. The van der Waals surface area contributed by atoms with Crippen molar-refractivity contribution in [3.8, 4) is 0 Å². The van der Waals surface area contributed by atoms with Crippen LogP contribution in [0, 0.1) is 12.3 Å². The highest BCUT2D eigenvalue weighted by molar-refractivity contribution is 7.87. The fourth-order valence-electron chi connectivity index (χ4n) is 2.16. The van der Waals surface area contributed by atoms with Crippen molar-refractivity contribution in [3.05, 3.63) is 6.42 Å². The molecule has 1 saturated carbocycles. The minimum Gasteiger partial charge on any atom is -0.481 e. The van der Waals surface area contributed by atoms with Gasteiger partial charge in [-0.1, -0.05) is 0 Å². The molecule has 0 aliphatic heterocycles. The second-order valence-electron chi connectivity index (χ2n) is 4.13. The zero-order chi connectivity index (χ0) is 14.1. The van der Waals surface area contributed by atoms with Gasteiger partial charge in [0.2, 0.25) is 0 Å². The lowest BCUT2D eigenvalue weighted by molar-refractivity contribution is -0.138. The fourth-order valence-corrected chi connectivity index (χ4v) is 4.48. The molecule has 1 aliphatic carbocycles. The summed E-state index contributed by atoms with van der Waals surface area (Å²) in [5.41, 5.74) is 0. The van der Waals surface area contributed by atoms with Crippen LogP contribution in [0.5, 0.6) is 0 Å². The van der Waals surface area contributed by atoms with Crippen LogP contribution in [0.1, 0.15) is 19.3 Å². The average molecular weight is 301 g/mol. The molecule has 0 amide bonds. The average Bonchev–Trinajstić information content (AvgIpc) is 2.13. The molecule has 2 atom stereocenters. The second-order valence-corrected chi connectivity index (χ2v) is 7.40. The van der Waals surface area contributed by atoms with E-state index in [1.54, 1.807) is 0 Å². The second kappa shape index (κ2) is 5.11. The molecule has 0 aromatic rings. The summed E-state index contributed by atoms with van der Waals surface area (Å²) in [6.07, 6.45) is 0.240. The first-order valence-electron chi connectivity index (χ1n) is 4.99. The van der Waals surface area contributed by atoms with Gasteiger partial charge in [-0.2, -0.15) is 16.8 Å². The van der Waals surface area contributed by atoms with E-state index >= 15 is 0 Å². The van der Waals surface area contributed by atoms with E-state index in [1.807, 2.05) is 0 Å². The maximum atomic E-state index is 11.1. The summed E-state index contributed by atoms with van der Waals surface area (Å²) >= 11 is 0. The molecule has 18 heavy (non-hydrogen) atoms. The van der Waals surface area contributed by atoms with Crippen molar-refractivity contribution in [1.82, 2.24) is 0 Å². The summed E-state index contributed by atoms with van der Waals surface area (Å²) in [5.74, 6) is -2.78. The third-order valence-electron chi connectivity index (χ3n) is 2.93. The molecule has 8 nitrogen and oxygen atoms in total. The third kappa shape index (κ3) is 3.64. The van der Waals surface area contributed by atoms with Gasteiger partial charge in [0.1, 0.15) is 0 Å². The Hall–Kier alpha value is -0.710. The number of aliphatic carboxylic acids is 1. The monoisotopic (exact) mass is 301 g/mol. The van der Waals surface area contributed by atoms with Gasteiger partial charge in [0, 0.05) is 5.92 Å². The Bertz CT molecular complexity index is 479. The molecule has 0 spiro atoms. The van der Waals surface area contributed by atoms with E-state index in [2.05, 4.69) is 0 Å². The van der Waals surface area contributed by atoms with Crippen molar-refractivity contribution in [2.24, 2.45) is 5.92 Å². The molecular formula is C8H13O8S2. The van der Waals surface area contributed by atoms with Crippen molar-refractivity contribution in [3.63, 3.8) is 0 Å². The fraction of sp³-hybridized carbons (Fsp3) is 0.750. The van der Waals surface area contributed by atoms with E-state index in [-0.39, 0.29) is 12.8 Å². The summed E-state index contributed by atoms with van der Waals surface area (Å²) in [4.78, 5) is 10.6. The maximum Gasteiger partial charge on any atom is 0.303 e. The molecule has 3 N–H and O–H groups in total. The molecule has 0 aromatic heterocycles. The topological polar surface area (TPSA) is 146 Å². The highest BCUT2D eigenvalue weighted by Gasteiger charge is 2.46. The highest BCUT2D eigenvalue weighted by atomic mass is 32.2. The summed E-state index contributed by atoms with van der Waals surface area (Å²) in [7, 11) is -9.17. The lowest BCUT2D eigenvalue weighted by Crippen LogP contribution is -2.45. The van der Waals surface area contributed by atoms with Crippen LogP contribution in [-0.4, -0.2) is 47.5 Å². The van der Waals surface area contributed by atoms with Gasteiger partial charge in [-0.15, -0.1) is 0 Å². The van der Waals surface area contributed by atoms with E-state index in [0.29, 0.717) is 0 Å². The number of carboxylic acid groups (broad SMARTS) is 1. The normalized spacial score (nSPS) is 30.0. The Morgan fingerprint density at radius 1 is 1.06 bits per heavy atom.